The largest absolute Gasteiger partial charge is 0.375 e. The van der Waals surface area contributed by atoms with Crippen LogP contribution in [0.2, 0.25) is 0 Å². The van der Waals surface area contributed by atoms with Gasteiger partial charge in [-0.1, -0.05) is 56.3 Å². The van der Waals surface area contributed by atoms with E-state index in [0.29, 0.717) is 18.8 Å². The van der Waals surface area contributed by atoms with Gasteiger partial charge in [-0.05, 0) is 18.8 Å². The first-order chi connectivity index (χ1) is 16.6. The number of aromatic nitrogens is 3. The Morgan fingerprint density at radius 2 is 2.00 bits per heavy atom. The van der Waals surface area contributed by atoms with Crippen LogP contribution >= 0.6 is 0 Å². The van der Waals surface area contributed by atoms with E-state index in [-0.39, 0.29) is 19.1 Å². The average Bonchev–Trinajstić information content (AvgIpc) is 3.42. The third kappa shape index (κ3) is 6.76. The fourth-order valence-electron chi connectivity index (χ4n) is 4.17. The maximum atomic E-state index is 13.3. The van der Waals surface area contributed by atoms with Crippen molar-refractivity contribution in [2.24, 2.45) is 11.1 Å². The van der Waals surface area contributed by atoms with Crippen molar-refractivity contribution in [1.29, 1.82) is 0 Å². The van der Waals surface area contributed by atoms with Gasteiger partial charge in [0.05, 0.1) is 18.3 Å². The monoisotopic (exact) mass is 485 g/mol. The Kier molecular flexibility index (Phi) is 8.80. The molecule has 0 unspecified atom stereocenters. The van der Waals surface area contributed by atoms with Crippen molar-refractivity contribution in [1.82, 2.24) is 19.6 Å². The number of benzene rings is 1. The van der Waals surface area contributed by atoms with Gasteiger partial charge in [0.2, 0.25) is 5.91 Å². The number of hydrogen-bond donors (Lipinski definition) is 1. The van der Waals surface area contributed by atoms with Crippen LogP contribution in [0.25, 0.3) is 11.3 Å². The summed E-state index contributed by atoms with van der Waals surface area (Å²) >= 11 is 0. The number of alkyl halides is 1. The molecule has 1 aromatic carbocycles. The lowest BCUT2D eigenvalue weighted by Gasteiger charge is -2.40. The molecule has 0 fully saturated rings. The van der Waals surface area contributed by atoms with E-state index in [1.807, 2.05) is 54.1 Å². The van der Waals surface area contributed by atoms with E-state index in [1.54, 1.807) is 4.90 Å². The molecule has 0 bridgehead atoms. The highest BCUT2D eigenvalue weighted by atomic mass is 19.1. The summed E-state index contributed by atoms with van der Waals surface area (Å²) < 4.78 is 25.6. The van der Waals surface area contributed by atoms with Gasteiger partial charge in [-0.15, -0.1) is 0 Å². The molecule has 2 aromatic heterocycles. The van der Waals surface area contributed by atoms with Crippen LogP contribution in [0.5, 0.6) is 0 Å². The minimum Gasteiger partial charge on any atom is -0.375 e. The third-order valence-corrected chi connectivity index (χ3v) is 5.79. The van der Waals surface area contributed by atoms with Crippen LogP contribution in [0.1, 0.15) is 50.5 Å². The number of nitrogens with two attached hydrogens (primary N) is 1. The average molecular weight is 486 g/mol. The molecule has 9 heteroatoms. The van der Waals surface area contributed by atoms with Crippen LogP contribution in [0.4, 0.5) is 4.39 Å². The SMILES string of the molecule is COCC(=O)N(CC[C@@H](N)CF)[C@@H](c1nc(-c2ccccc2)cn1Cc1cc(C)on1)C(C)(C)C. The van der Waals surface area contributed by atoms with Crippen LogP contribution < -0.4 is 5.73 Å². The first-order valence-corrected chi connectivity index (χ1v) is 11.8. The van der Waals surface area contributed by atoms with Gasteiger partial charge in [-0.25, -0.2) is 9.37 Å². The van der Waals surface area contributed by atoms with Gasteiger partial charge >= 0.3 is 0 Å². The van der Waals surface area contributed by atoms with Gasteiger partial charge in [0.15, 0.2) is 0 Å². The number of nitrogens with zero attached hydrogens (tertiary/aromatic N) is 4. The van der Waals surface area contributed by atoms with E-state index in [1.165, 1.54) is 7.11 Å². The summed E-state index contributed by atoms with van der Waals surface area (Å²) in [6.07, 6.45) is 2.30. The van der Waals surface area contributed by atoms with Crippen molar-refractivity contribution in [3.8, 4) is 11.3 Å². The zero-order chi connectivity index (χ0) is 25.6. The molecule has 1 amide bonds. The Morgan fingerprint density at radius 1 is 1.29 bits per heavy atom. The first-order valence-electron chi connectivity index (χ1n) is 11.8. The van der Waals surface area contributed by atoms with Crippen molar-refractivity contribution in [2.45, 2.75) is 52.7 Å². The highest BCUT2D eigenvalue weighted by molar-refractivity contribution is 5.78. The standard InChI is InChI=1S/C26H36FN5O3/c1-18-13-21(30-35-18)15-31-16-22(19-9-7-6-8-10-19)29-25(31)24(26(2,3)4)32(23(33)17-34-5)12-11-20(28)14-27/h6-10,13,16,20,24H,11-12,14-15,17,28H2,1-5H3/t20-,24+/m1/s1. The molecule has 2 atom stereocenters. The van der Waals surface area contributed by atoms with Crippen molar-refractivity contribution < 1.29 is 18.4 Å². The van der Waals surface area contributed by atoms with E-state index in [0.717, 1.165) is 22.7 Å². The summed E-state index contributed by atoms with van der Waals surface area (Å²) in [5.74, 6) is 1.22. The third-order valence-electron chi connectivity index (χ3n) is 5.79. The predicted molar refractivity (Wildman–Crippen MR) is 132 cm³/mol. The summed E-state index contributed by atoms with van der Waals surface area (Å²) in [4.78, 5) is 20.0. The zero-order valence-corrected chi connectivity index (χ0v) is 21.2. The molecule has 0 aliphatic rings. The number of ether oxygens (including phenoxy) is 1. The van der Waals surface area contributed by atoms with Gasteiger partial charge in [0.1, 0.15) is 30.6 Å². The van der Waals surface area contributed by atoms with Crippen molar-refractivity contribution in [3.63, 3.8) is 0 Å². The van der Waals surface area contributed by atoms with Crippen molar-refractivity contribution in [2.75, 3.05) is 26.9 Å². The number of rotatable bonds is 11. The molecule has 190 valence electrons. The Hall–Kier alpha value is -3.04. The van der Waals surface area contributed by atoms with Gasteiger partial charge in [-0.3, -0.25) is 4.79 Å². The number of methoxy groups -OCH3 is 1. The lowest BCUT2D eigenvalue weighted by molar-refractivity contribution is -0.140. The lowest BCUT2D eigenvalue weighted by atomic mass is 9.84. The maximum Gasteiger partial charge on any atom is 0.249 e. The molecule has 0 spiro atoms. The fourth-order valence-corrected chi connectivity index (χ4v) is 4.17. The number of amides is 1. The summed E-state index contributed by atoms with van der Waals surface area (Å²) in [5, 5.41) is 4.15. The molecule has 0 radical (unpaired) electrons. The molecule has 0 aliphatic heterocycles. The van der Waals surface area contributed by atoms with Crippen LogP contribution in [0.15, 0.2) is 47.1 Å². The molecule has 3 rings (SSSR count). The van der Waals surface area contributed by atoms with Crippen molar-refractivity contribution in [3.05, 3.63) is 59.9 Å². The molecule has 0 saturated heterocycles. The summed E-state index contributed by atoms with van der Waals surface area (Å²) in [5.41, 5.74) is 7.97. The predicted octanol–water partition coefficient (Wildman–Crippen LogP) is 4.14. The van der Waals surface area contributed by atoms with E-state index in [9.17, 15) is 9.18 Å². The Morgan fingerprint density at radius 3 is 2.57 bits per heavy atom. The smallest absolute Gasteiger partial charge is 0.249 e. The Labute approximate surface area is 206 Å². The maximum absolute atomic E-state index is 13.3. The molecular weight excluding hydrogens is 449 g/mol. The molecule has 3 aromatic rings. The highest BCUT2D eigenvalue weighted by Crippen LogP contribution is 2.39. The second-order valence-corrected chi connectivity index (χ2v) is 9.90. The number of halogens is 1. The fraction of sp³-hybridized carbons (Fsp3) is 0.500. The normalized spacial score (nSPS) is 13.6. The van der Waals surface area contributed by atoms with E-state index >= 15 is 0 Å². The van der Waals surface area contributed by atoms with E-state index in [4.69, 9.17) is 20.0 Å². The summed E-state index contributed by atoms with van der Waals surface area (Å²) in [6.45, 7) is 7.99. The molecule has 0 aliphatic carbocycles. The zero-order valence-electron chi connectivity index (χ0n) is 21.2. The minimum absolute atomic E-state index is 0.0911. The van der Waals surface area contributed by atoms with Gasteiger partial charge in [0, 0.05) is 37.5 Å². The van der Waals surface area contributed by atoms with Crippen molar-refractivity contribution >= 4 is 5.91 Å². The number of carbonyl (C=O) groups excluding carboxylic acids is 1. The summed E-state index contributed by atoms with van der Waals surface area (Å²) in [7, 11) is 1.48. The molecule has 2 heterocycles. The molecule has 35 heavy (non-hydrogen) atoms. The molecule has 0 saturated carbocycles. The van der Waals surface area contributed by atoms with Crippen LogP contribution in [0, 0.1) is 12.3 Å². The van der Waals surface area contributed by atoms with Gasteiger partial charge < -0.3 is 24.5 Å². The minimum atomic E-state index is -0.648. The van der Waals surface area contributed by atoms with E-state index in [2.05, 4.69) is 25.9 Å². The Balaban J connectivity index is 2.12. The van der Waals surface area contributed by atoms with Gasteiger partial charge in [0.25, 0.3) is 0 Å². The summed E-state index contributed by atoms with van der Waals surface area (Å²) in [6, 6.07) is 10.7. The topological polar surface area (TPSA) is 99.4 Å². The van der Waals surface area contributed by atoms with Crippen LogP contribution in [0.3, 0.4) is 0 Å². The van der Waals surface area contributed by atoms with Gasteiger partial charge in [-0.2, -0.15) is 0 Å². The highest BCUT2D eigenvalue weighted by Gasteiger charge is 2.38. The molecular formula is C26H36FN5O3. The molecule has 8 nitrogen and oxygen atoms in total. The number of aryl methyl sites for hydroxylation is 1. The number of carbonyl (C=O) groups is 1. The van der Waals surface area contributed by atoms with Crippen LogP contribution in [-0.4, -0.2) is 58.5 Å². The number of imidazole rings is 1. The first kappa shape index (κ1) is 26.6. The number of hydrogen-bond acceptors (Lipinski definition) is 6. The quantitative estimate of drug-likeness (QED) is 0.438. The second-order valence-electron chi connectivity index (χ2n) is 9.90. The Bertz CT molecular complexity index is 1090. The molecule has 2 N–H and O–H groups in total. The van der Waals surface area contributed by atoms with Crippen LogP contribution in [-0.2, 0) is 16.1 Å². The second kappa shape index (κ2) is 11.6. The van der Waals surface area contributed by atoms with E-state index < -0.39 is 24.2 Å². The lowest BCUT2D eigenvalue weighted by Crippen LogP contribution is -2.45.